The molecule has 4 rings (SSSR count). The Hall–Kier alpha value is -2.84. The highest BCUT2D eigenvalue weighted by atomic mass is 35.5. The first-order valence-electron chi connectivity index (χ1n) is 8.56. The summed E-state index contributed by atoms with van der Waals surface area (Å²) in [6.45, 7) is 0. The molecule has 3 aromatic rings. The lowest BCUT2D eigenvalue weighted by atomic mass is 9.86. The molecule has 0 spiro atoms. The maximum atomic E-state index is 6.01. The molecule has 1 heterocycles. The van der Waals surface area contributed by atoms with Gasteiger partial charge in [-0.15, -0.1) is 0 Å². The van der Waals surface area contributed by atoms with E-state index in [0.717, 1.165) is 22.4 Å². The van der Waals surface area contributed by atoms with Gasteiger partial charge in [0.15, 0.2) is 5.60 Å². The van der Waals surface area contributed by atoms with Crippen molar-refractivity contribution in [1.82, 2.24) is 0 Å². The molecule has 0 saturated heterocycles. The van der Waals surface area contributed by atoms with Crippen molar-refractivity contribution in [2.75, 3.05) is 0 Å². The Labute approximate surface area is 158 Å². The van der Waals surface area contributed by atoms with Crippen molar-refractivity contribution in [1.29, 1.82) is 0 Å². The number of hydrogen-bond donors (Lipinski definition) is 0. The van der Waals surface area contributed by atoms with Crippen LogP contribution in [0.1, 0.15) is 23.1 Å². The van der Waals surface area contributed by atoms with Crippen molar-refractivity contribution in [3.8, 4) is 0 Å². The van der Waals surface area contributed by atoms with Gasteiger partial charge >= 0.3 is 0 Å². The summed E-state index contributed by atoms with van der Waals surface area (Å²) < 4.78 is 0. The summed E-state index contributed by atoms with van der Waals surface area (Å²) in [5, 5.41) is 5.11. The molecule has 0 aromatic heterocycles. The van der Waals surface area contributed by atoms with E-state index >= 15 is 0 Å². The summed E-state index contributed by atoms with van der Waals surface area (Å²) in [7, 11) is 0. The van der Waals surface area contributed by atoms with Crippen LogP contribution in [0.15, 0.2) is 96.2 Å². The Bertz CT molecular complexity index is 933. The van der Waals surface area contributed by atoms with Gasteiger partial charge in [0.25, 0.3) is 0 Å². The van der Waals surface area contributed by atoms with E-state index < -0.39 is 5.60 Å². The summed E-state index contributed by atoms with van der Waals surface area (Å²) in [5.41, 5.74) is 3.56. The van der Waals surface area contributed by atoms with Crippen LogP contribution in [0.4, 0.5) is 0 Å². The summed E-state index contributed by atoms with van der Waals surface area (Å²) in [6, 6.07) is 28.1. The van der Waals surface area contributed by atoms with E-state index in [1.165, 1.54) is 0 Å². The van der Waals surface area contributed by atoms with Crippen molar-refractivity contribution in [2.24, 2.45) is 5.16 Å². The molecule has 0 aliphatic carbocycles. The Kier molecular flexibility index (Phi) is 4.59. The highest BCUT2D eigenvalue weighted by molar-refractivity contribution is 6.30. The summed E-state index contributed by atoms with van der Waals surface area (Å²) in [4.78, 5) is 6.01. The average molecular weight is 360 g/mol. The molecular weight excluding hydrogens is 342 g/mol. The fourth-order valence-electron chi connectivity index (χ4n) is 3.10. The molecule has 0 saturated carbocycles. The summed E-state index contributed by atoms with van der Waals surface area (Å²) in [5.74, 6) is 0. The van der Waals surface area contributed by atoms with E-state index in [9.17, 15) is 0 Å². The molecule has 26 heavy (non-hydrogen) atoms. The van der Waals surface area contributed by atoms with Crippen molar-refractivity contribution in [3.05, 3.63) is 113 Å². The van der Waals surface area contributed by atoms with Crippen LogP contribution >= 0.6 is 11.6 Å². The molecule has 0 radical (unpaired) electrons. The van der Waals surface area contributed by atoms with Crippen molar-refractivity contribution in [3.63, 3.8) is 0 Å². The molecule has 1 aliphatic heterocycles. The number of halogens is 1. The molecule has 0 amide bonds. The normalized spacial score (nSPS) is 19.3. The predicted molar refractivity (Wildman–Crippen MR) is 107 cm³/mol. The molecule has 1 aliphatic rings. The van der Waals surface area contributed by atoms with Gasteiger partial charge in [0, 0.05) is 17.0 Å². The van der Waals surface area contributed by atoms with Gasteiger partial charge in [-0.25, -0.2) is 0 Å². The first kappa shape index (κ1) is 16.6. The third-order valence-corrected chi connectivity index (χ3v) is 4.79. The third kappa shape index (κ3) is 3.42. The minimum Gasteiger partial charge on any atom is -0.379 e. The van der Waals surface area contributed by atoms with Gasteiger partial charge in [0.1, 0.15) is 0 Å². The van der Waals surface area contributed by atoms with E-state index in [0.29, 0.717) is 11.4 Å². The second-order valence-electron chi connectivity index (χ2n) is 6.31. The van der Waals surface area contributed by atoms with E-state index in [1.54, 1.807) is 0 Å². The topological polar surface area (TPSA) is 21.6 Å². The lowest BCUT2D eigenvalue weighted by Crippen LogP contribution is -2.23. The number of nitrogens with zero attached hydrogens (tertiary/aromatic N) is 1. The Morgan fingerprint density at radius 2 is 1.50 bits per heavy atom. The van der Waals surface area contributed by atoms with Crippen LogP contribution < -0.4 is 0 Å². The van der Waals surface area contributed by atoms with Gasteiger partial charge in [0.05, 0.1) is 5.71 Å². The molecule has 3 aromatic carbocycles. The van der Waals surface area contributed by atoms with Gasteiger partial charge < -0.3 is 4.84 Å². The van der Waals surface area contributed by atoms with Crippen LogP contribution in [-0.2, 0) is 10.4 Å². The molecule has 1 atom stereocenters. The van der Waals surface area contributed by atoms with Gasteiger partial charge in [0.2, 0.25) is 0 Å². The zero-order valence-corrected chi connectivity index (χ0v) is 14.9. The van der Waals surface area contributed by atoms with E-state index in [4.69, 9.17) is 16.4 Å². The van der Waals surface area contributed by atoms with Crippen molar-refractivity contribution >= 4 is 23.4 Å². The smallest absolute Gasteiger partial charge is 0.186 e. The average Bonchev–Trinajstić information content (AvgIpc) is 3.14. The van der Waals surface area contributed by atoms with E-state index in [1.807, 2.05) is 60.7 Å². The molecule has 0 N–H and O–H groups in total. The molecule has 128 valence electrons. The van der Waals surface area contributed by atoms with Crippen molar-refractivity contribution < 1.29 is 4.84 Å². The fourth-order valence-corrected chi connectivity index (χ4v) is 3.23. The first-order chi connectivity index (χ1) is 12.8. The molecular formula is C23H18ClNO. The largest absolute Gasteiger partial charge is 0.379 e. The standard InChI is InChI=1S/C23H18ClNO/c24-21-13-11-19(12-14-21)22-17-23(26-25-22,20-9-5-2-6-10-20)16-15-18-7-3-1-4-8-18/h1-16H,17H2/b16-15+. The van der Waals surface area contributed by atoms with Crippen LogP contribution in [-0.4, -0.2) is 5.71 Å². The SMILES string of the molecule is Clc1ccc(C2=NOC(/C=C/c3ccccc3)(c3ccccc3)C2)cc1. The lowest BCUT2D eigenvalue weighted by Gasteiger charge is -2.23. The zero-order chi connectivity index (χ0) is 17.8. The monoisotopic (exact) mass is 359 g/mol. The Morgan fingerprint density at radius 1 is 0.846 bits per heavy atom. The van der Waals surface area contributed by atoms with E-state index in [-0.39, 0.29) is 0 Å². The van der Waals surface area contributed by atoms with Gasteiger partial charge in [-0.3, -0.25) is 0 Å². The zero-order valence-electron chi connectivity index (χ0n) is 14.2. The molecule has 0 fully saturated rings. The molecule has 2 nitrogen and oxygen atoms in total. The van der Waals surface area contributed by atoms with Crippen molar-refractivity contribution in [2.45, 2.75) is 12.0 Å². The molecule has 3 heteroatoms. The van der Waals surface area contributed by atoms with Crippen LogP contribution in [0.3, 0.4) is 0 Å². The maximum Gasteiger partial charge on any atom is 0.186 e. The Balaban J connectivity index is 1.68. The van der Waals surface area contributed by atoms with Crippen LogP contribution in [0.25, 0.3) is 6.08 Å². The number of benzene rings is 3. The second kappa shape index (κ2) is 7.19. The van der Waals surface area contributed by atoms with E-state index in [2.05, 4.69) is 41.6 Å². The van der Waals surface area contributed by atoms with Gasteiger partial charge in [-0.1, -0.05) is 95.6 Å². The van der Waals surface area contributed by atoms with Gasteiger partial charge in [-0.05, 0) is 29.3 Å². The van der Waals surface area contributed by atoms with Crippen LogP contribution in [0.2, 0.25) is 5.02 Å². The van der Waals surface area contributed by atoms with Crippen LogP contribution in [0.5, 0.6) is 0 Å². The second-order valence-corrected chi connectivity index (χ2v) is 6.75. The lowest BCUT2D eigenvalue weighted by molar-refractivity contribution is 0.0184. The number of hydrogen-bond acceptors (Lipinski definition) is 2. The third-order valence-electron chi connectivity index (χ3n) is 4.53. The van der Waals surface area contributed by atoms with Crippen LogP contribution in [0, 0.1) is 0 Å². The summed E-state index contributed by atoms with van der Waals surface area (Å²) >= 11 is 6.01. The predicted octanol–water partition coefficient (Wildman–Crippen LogP) is 6.07. The Morgan fingerprint density at radius 3 is 2.19 bits per heavy atom. The molecule has 0 bridgehead atoms. The number of rotatable bonds is 4. The minimum absolute atomic E-state index is 0.605. The summed E-state index contributed by atoms with van der Waals surface area (Å²) in [6.07, 6.45) is 4.86. The number of oxime groups is 1. The maximum absolute atomic E-state index is 6.01. The molecule has 1 unspecified atom stereocenters. The van der Waals surface area contributed by atoms with Gasteiger partial charge in [-0.2, -0.15) is 0 Å². The highest BCUT2D eigenvalue weighted by Gasteiger charge is 2.39. The minimum atomic E-state index is -0.605. The fraction of sp³-hybridized carbons (Fsp3) is 0.0870. The quantitative estimate of drug-likeness (QED) is 0.553. The first-order valence-corrected chi connectivity index (χ1v) is 8.94. The highest BCUT2D eigenvalue weighted by Crippen LogP contribution is 2.38.